The monoisotopic (exact) mass is 316 g/mol. The van der Waals surface area contributed by atoms with Gasteiger partial charge in [-0.25, -0.2) is 4.79 Å². The third kappa shape index (κ3) is 2.80. The smallest absolute Gasteiger partial charge is 0.354 e. The molecule has 8 heteroatoms. The second-order valence-corrected chi connectivity index (χ2v) is 5.43. The predicted octanol–water partition coefficient (Wildman–Crippen LogP) is 0.847. The minimum absolute atomic E-state index is 0.218. The number of hydrogen-bond donors (Lipinski definition) is 1. The topological polar surface area (TPSA) is 97.5 Å². The first-order valence-corrected chi connectivity index (χ1v) is 7.14. The predicted molar refractivity (Wildman–Crippen MR) is 79.1 cm³/mol. The fraction of sp³-hybridized carbons (Fsp3) is 0.333. The quantitative estimate of drug-likeness (QED) is 0.901. The third-order valence-corrected chi connectivity index (χ3v) is 3.59. The van der Waals surface area contributed by atoms with Crippen molar-refractivity contribution < 1.29 is 19.4 Å². The van der Waals surface area contributed by atoms with Crippen molar-refractivity contribution in [2.75, 3.05) is 6.54 Å². The van der Waals surface area contributed by atoms with Gasteiger partial charge in [-0.1, -0.05) is 11.6 Å². The van der Waals surface area contributed by atoms with E-state index in [0.717, 1.165) is 5.56 Å². The first kappa shape index (κ1) is 15.2. The molecule has 0 aliphatic carbocycles. The minimum atomic E-state index is -1.28. The molecule has 1 saturated heterocycles. The van der Waals surface area contributed by atoms with Crippen LogP contribution in [-0.4, -0.2) is 55.8 Å². The number of aryl methyl sites for hydroxylation is 1. The van der Waals surface area contributed by atoms with Crippen LogP contribution in [0.15, 0.2) is 30.6 Å². The molecule has 1 fully saturated rings. The average Bonchev–Trinajstić information content (AvgIpc) is 3.15. The summed E-state index contributed by atoms with van der Waals surface area (Å²) in [5, 5.41) is 17.3. The van der Waals surface area contributed by atoms with Gasteiger partial charge in [0.15, 0.2) is 0 Å². The molecule has 0 saturated carbocycles. The summed E-state index contributed by atoms with van der Waals surface area (Å²) in [6, 6.07) is 5.27. The standard InChI is InChI=1S/C15H16N4O4/c1-9-3-4-12(19-16-5-6-17-19)11(7-9)13(20)18-8-10(2)23-14(18)15(21)22/h3-7,10,14H,8H2,1-2H3,(H,21,22)/t10-,14?/m1/s1. The summed E-state index contributed by atoms with van der Waals surface area (Å²) in [4.78, 5) is 26.8. The van der Waals surface area contributed by atoms with Gasteiger partial charge >= 0.3 is 5.97 Å². The second-order valence-electron chi connectivity index (χ2n) is 5.43. The molecule has 8 nitrogen and oxygen atoms in total. The lowest BCUT2D eigenvalue weighted by atomic mass is 10.1. The number of hydrogen-bond acceptors (Lipinski definition) is 5. The molecule has 1 aliphatic rings. The first-order chi connectivity index (χ1) is 11.0. The van der Waals surface area contributed by atoms with E-state index in [1.165, 1.54) is 22.1 Å². The lowest BCUT2D eigenvalue weighted by Gasteiger charge is -2.21. The molecule has 1 amide bonds. The van der Waals surface area contributed by atoms with Crippen molar-refractivity contribution in [2.45, 2.75) is 26.2 Å². The Kier molecular flexibility index (Phi) is 3.83. The highest BCUT2D eigenvalue weighted by Crippen LogP contribution is 2.23. The number of aliphatic carboxylic acids is 1. The summed E-state index contributed by atoms with van der Waals surface area (Å²) in [5.74, 6) is -1.60. The Balaban J connectivity index is 2.02. The lowest BCUT2D eigenvalue weighted by molar-refractivity contribution is -0.154. The van der Waals surface area contributed by atoms with Crippen molar-refractivity contribution in [3.8, 4) is 5.69 Å². The Morgan fingerprint density at radius 1 is 1.30 bits per heavy atom. The van der Waals surface area contributed by atoms with E-state index in [4.69, 9.17) is 4.74 Å². The van der Waals surface area contributed by atoms with E-state index in [1.807, 2.05) is 13.0 Å². The molecular weight excluding hydrogens is 300 g/mol. The summed E-state index contributed by atoms with van der Waals surface area (Å²) in [6.45, 7) is 3.81. The molecule has 1 aromatic heterocycles. The van der Waals surface area contributed by atoms with Crippen molar-refractivity contribution in [3.63, 3.8) is 0 Å². The fourth-order valence-electron chi connectivity index (χ4n) is 2.58. The maximum absolute atomic E-state index is 12.9. The molecule has 3 rings (SSSR count). The maximum Gasteiger partial charge on any atom is 0.354 e. The average molecular weight is 316 g/mol. The number of ether oxygens (including phenoxy) is 1. The summed E-state index contributed by atoms with van der Waals surface area (Å²) >= 11 is 0. The van der Waals surface area contributed by atoms with Crippen LogP contribution in [0, 0.1) is 6.92 Å². The van der Waals surface area contributed by atoms with Crippen LogP contribution in [0.2, 0.25) is 0 Å². The number of carboxylic acid groups (broad SMARTS) is 1. The van der Waals surface area contributed by atoms with Crippen LogP contribution in [-0.2, 0) is 9.53 Å². The zero-order valence-corrected chi connectivity index (χ0v) is 12.7. The Labute approximate surface area is 132 Å². The van der Waals surface area contributed by atoms with Crippen LogP contribution in [0.25, 0.3) is 5.69 Å². The molecule has 2 atom stereocenters. The fourth-order valence-corrected chi connectivity index (χ4v) is 2.58. The number of benzene rings is 1. The van der Waals surface area contributed by atoms with Gasteiger partial charge in [-0.15, -0.1) is 0 Å². The van der Waals surface area contributed by atoms with Crippen molar-refractivity contribution in [1.82, 2.24) is 19.9 Å². The number of rotatable bonds is 3. The van der Waals surface area contributed by atoms with Crippen LogP contribution in [0.5, 0.6) is 0 Å². The van der Waals surface area contributed by atoms with Crippen LogP contribution in [0.1, 0.15) is 22.8 Å². The lowest BCUT2D eigenvalue weighted by Crippen LogP contribution is -2.41. The molecule has 1 unspecified atom stereocenters. The summed E-state index contributed by atoms with van der Waals surface area (Å²) in [6.07, 6.45) is 1.40. The van der Waals surface area contributed by atoms with Gasteiger partial charge in [0, 0.05) is 0 Å². The van der Waals surface area contributed by atoms with Gasteiger partial charge in [-0.3, -0.25) is 4.79 Å². The molecule has 23 heavy (non-hydrogen) atoms. The van der Waals surface area contributed by atoms with Crippen molar-refractivity contribution in [3.05, 3.63) is 41.7 Å². The van der Waals surface area contributed by atoms with Crippen LogP contribution >= 0.6 is 0 Å². The Morgan fingerprint density at radius 3 is 2.65 bits per heavy atom. The van der Waals surface area contributed by atoms with Gasteiger partial charge in [0.1, 0.15) is 0 Å². The van der Waals surface area contributed by atoms with Crippen LogP contribution in [0.4, 0.5) is 0 Å². The highest BCUT2D eigenvalue weighted by molar-refractivity contribution is 5.99. The molecule has 2 aromatic rings. The Morgan fingerprint density at radius 2 is 2.00 bits per heavy atom. The van der Waals surface area contributed by atoms with E-state index >= 15 is 0 Å². The van der Waals surface area contributed by atoms with E-state index in [2.05, 4.69) is 10.2 Å². The van der Waals surface area contributed by atoms with Crippen molar-refractivity contribution >= 4 is 11.9 Å². The van der Waals surface area contributed by atoms with E-state index in [0.29, 0.717) is 11.3 Å². The summed E-state index contributed by atoms with van der Waals surface area (Å²) in [5.41, 5.74) is 1.71. The van der Waals surface area contributed by atoms with Gasteiger partial charge in [0.25, 0.3) is 5.91 Å². The third-order valence-electron chi connectivity index (χ3n) is 3.59. The largest absolute Gasteiger partial charge is 0.478 e. The highest BCUT2D eigenvalue weighted by atomic mass is 16.6. The van der Waals surface area contributed by atoms with Crippen molar-refractivity contribution in [1.29, 1.82) is 0 Å². The van der Waals surface area contributed by atoms with E-state index in [1.54, 1.807) is 19.1 Å². The molecule has 2 heterocycles. The molecular formula is C15H16N4O4. The Hall–Kier alpha value is -2.74. The minimum Gasteiger partial charge on any atom is -0.478 e. The number of amides is 1. The zero-order valence-electron chi connectivity index (χ0n) is 12.7. The molecule has 1 N–H and O–H groups in total. The van der Waals surface area contributed by atoms with Gasteiger partial charge in [0.05, 0.1) is 36.3 Å². The molecule has 120 valence electrons. The molecule has 1 aromatic carbocycles. The molecule has 0 radical (unpaired) electrons. The van der Waals surface area contributed by atoms with Gasteiger partial charge in [-0.05, 0) is 26.0 Å². The Bertz CT molecular complexity index is 744. The van der Waals surface area contributed by atoms with Gasteiger partial charge < -0.3 is 14.7 Å². The maximum atomic E-state index is 12.9. The molecule has 0 spiro atoms. The van der Waals surface area contributed by atoms with E-state index in [9.17, 15) is 14.7 Å². The number of carboxylic acids is 1. The van der Waals surface area contributed by atoms with E-state index in [-0.39, 0.29) is 12.6 Å². The SMILES string of the molecule is Cc1ccc(-n2nccn2)c(C(=O)N2C[C@@H](C)OC2C(=O)O)c1. The molecule has 0 bridgehead atoms. The van der Waals surface area contributed by atoms with Crippen molar-refractivity contribution in [2.24, 2.45) is 0 Å². The van der Waals surface area contributed by atoms with E-state index < -0.39 is 18.1 Å². The first-order valence-electron chi connectivity index (χ1n) is 7.14. The zero-order chi connectivity index (χ0) is 16.6. The summed E-state index contributed by atoms with van der Waals surface area (Å²) < 4.78 is 5.31. The number of aromatic nitrogens is 3. The number of nitrogens with zero attached hydrogens (tertiary/aromatic N) is 4. The van der Waals surface area contributed by atoms with Gasteiger partial charge in [0.2, 0.25) is 6.23 Å². The summed E-state index contributed by atoms with van der Waals surface area (Å²) in [7, 11) is 0. The van der Waals surface area contributed by atoms with Gasteiger partial charge in [-0.2, -0.15) is 15.0 Å². The normalized spacial score (nSPS) is 20.7. The van der Waals surface area contributed by atoms with Crippen LogP contribution < -0.4 is 0 Å². The van der Waals surface area contributed by atoms with Crippen LogP contribution in [0.3, 0.4) is 0 Å². The number of carbonyl (C=O) groups is 2. The highest BCUT2D eigenvalue weighted by Gasteiger charge is 2.40. The second kappa shape index (κ2) is 5.81. The molecule has 1 aliphatic heterocycles. The number of carbonyl (C=O) groups excluding carboxylic acids is 1.